The minimum absolute atomic E-state index is 0.408. The molecule has 3 nitrogen and oxygen atoms in total. The van der Waals surface area contributed by atoms with Crippen LogP contribution in [0, 0.1) is 12.8 Å². The second-order valence-electron chi connectivity index (χ2n) is 4.81. The number of aryl methyl sites for hydroxylation is 1. The fraction of sp³-hybridized carbons (Fsp3) is 0.667. The lowest BCUT2D eigenvalue weighted by molar-refractivity contribution is 0.495. The Bertz CT molecular complexity index is 504. The van der Waals surface area contributed by atoms with Crippen molar-refractivity contribution in [3.8, 4) is 0 Å². The summed E-state index contributed by atoms with van der Waals surface area (Å²) < 4.78 is 27.8. The summed E-state index contributed by atoms with van der Waals surface area (Å²) in [4.78, 5) is 1.24. The van der Waals surface area contributed by atoms with Gasteiger partial charge in [0.15, 0.2) is 0 Å². The van der Waals surface area contributed by atoms with Crippen molar-refractivity contribution in [1.29, 1.82) is 0 Å². The normalized spacial score (nSPS) is 17.4. The molecule has 0 bridgehead atoms. The fourth-order valence-corrected chi connectivity index (χ4v) is 5.93. The summed E-state index contributed by atoms with van der Waals surface area (Å²) in [7, 11) is -3.33. The zero-order valence-corrected chi connectivity index (χ0v) is 13.6. The van der Waals surface area contributed by atoms with Gasteiger partial charge in [0, 0.05) is 11.4 Å². The lowest BCUT2D eigenvalue weighted by Gasteiger charge is -2.10. The van der Waals surface area contributed by atoms with Crippen LogP contribution in [0.5, 0.6) is 0 Å². The molecule has 0 spiro atoms. The first kappa shape index (κ1) is 14.5. The zero-order valence-electron chi connectivity index (χ0n) is 10.4. The standard InChI is InChI=1S/C12H18BrNO2S2/c1-9-11(8-12(13)17-9)18(15,16)14-7-6-10-4-2-3-5-10/h8,10,14H,2-7H2,1H3. The Morgan fingerprint density at radius 1 is 1.44 bits per heavy atom. The third-order valence-electron chi connectivity index (χ3n) is 3.45. The summed E-state index contributed by atoms with van der Waals surface area (Å²) >= 11 is 4.78. The van der Waals surface area contributed by atoms with Crippen molar-refractivity contribution in [2.45, 2.75) is 43.9 Å². The van der Waals surface area contributed by atoms with Crippen LogP contribution in [0.4, 0.5) is 0 Å². The Hall–Kier alpha value is 0.0900. The van der Waals surface area contributed by atoms with Crippen molar-refractivity contribution in [3.63, 3.8) is 0 Å². The molecule has 1 saturated carbocycles. The second kappa shape index (κ2) is 6.03. The molecule has 1 aromatic rings. The van der Waals surface area contributed by atoms with Crippen LogP contribution < -0.4 is 4.72 Å². The first-order valence-electron chi connectivity index (χ1n) is 6.24. The first-order valence-corrected chi connectivity index (χ1v) is 9.34. The van der Waals surface area contributed by atoms with Crippen LogP contribution in [0.15, 0.2) is 14.7 Å². The molecular formula is C12H18BrNO2S2. The van der Waals surface area contributed by atoms with Gasteiger partial charge in [-0.3, -0.25) is 0 Å². The predicted molar refractivity (Wildman–Crippen MR) is 78.5 cm³/mol. The van der Waals surface area contributed by atoms with E-state index in [0.29, 0.717) is 17.4 Å². The highest BCUT2D eigenvalue weighted by Crippen LogP contribution is 2.30. The van der Waals surface area contributed by atoms with Gasteiger partial charge in [-0.15, -0.1) is 11.3 Å². The van der Waals surface area contributed by atoms with Crippen LogP contribution >= 0.6 is 27.3 Å². The lowest BCUT2D eigenvalue weighted by atomic mass is 10.1. The van der Waals surface area contributed by atoms with Gasteiger partial charge in [0.25, 0.3) is 0 Å². The molecular weight excluding hydrogens is 334 g/mol. The number of halogens is 1. The van der Waals surface area contributed by atoms with Gasteiger partial charge in [-0.2, -0.15) is 0 Å². The molecule has 1 heterocycles. The minimum atomic E-state index is -3.33. The van der Waals surface area contributed by atoms with Gasteiger partial charge in [-0.25, -0.2) is 13.1 Å². The third kappa shape index (κ3) is 3.56. The van der Waals surface area contributed by atoms with Crippen LogP contribution in [0.25, 0.3) is 0 Å². The number of thiophene rings is 1. The number of sulfonamides is 1. The van der Waals surface area contributed by atoms with E-state index in [2.05, 4.69) is 20.7 Å². The molecule has 1 fully saturated rings. The van der Waals surface area contributed by atoms with E-state index in [4.69, 9.17) is 0 Å². The molecule has 0 aliphatic heterocycles. The molecule has 1 aliphatic carbocycles. The molecule has 1 aliphatic rings. The zero-order chi connectivity index (χ0) is 13.2. The van der Waals surface area contributed by atoms with E-state index < -0.39 is 10.0 Å². The Kier molecular flexibility index (Phi) is 4.86. The quantitative estimate of drug-likeness (QED) is 0.879. The molecule has 0 atom stereocenters. The van der Waals surface area contributed by atoms with Gasteiger partial charge in [0.1, 0.15) is 0 Å². The van der Waals surface area contributed by atoms with Crippen LogP contribution in [-0.4, -0.2) is 15.0 Å². The number of hydrogen-bond acceptors (Lipinski definition) is 3. The average Bonchev–Trinajstić information content (AvgIpc) is 2.88. The third-order valence-corrected chi connectivity index (χ3v) is 6.72. The molecule has 18 heavy (non-hydrogen) atoms. The lowest BCUT2D eigenvalue weighted by Crippen LogP contribution is -2.26. The smallest absolute Gasteiger partial charge is 0.211 e. The van der Waals surface area contributed by atoms with E-state index in [1.807, 2.05) is 6.92 Å². The average molecular weight is 352 g/mol. The number of hydrogen-bond donors (Lipinski definition) is 1. The van der Waals surface area contributed by atoms with Crippen molar-refractivity contribution in [1.82, 2.24) is 4.72 Å². The molecule has 1 N–H and O–H groups in total. The molecule has 102 valence electrons. The summed E-state index contributed by atoms with van der Waals surface area (Å²) in [6, 6.07) is 1.68. The number of rotatable bonds is 5. The second-order valence-corrected chi connectivity index (χ2v) is 9.18. The molecule has 0 unspecified atom stereocenters. The van der Waals surface area contributed by atoms with Gasteiger partial charge in [-0.05, 0) is 41.3 Å². The molecule has 0 amide bonds. The molecule has 0 saturated heterocycles. The Balaban J connectivity index is 1.93. The molecule has 6 heteroatoms. The van der Waals surface area contributed by atoms with Crippen LogP contribution in [0.1, 0.15) is 37.0 Å². The van der Waals surface area contributed by atoms with Gasteiger partial charge in [0.2, 0.25) is 10.0 Å². The van der Waals surface area contributed by atoms with Crippen molar-refractivity contribution < 1.29 is 8.42 Å². The summed E-state index contributed by atoms with van der Waals surface area (Å²) in [5.41, 5.74) is 0. The van der Waals surface area contributed by atoms with E-state index >= 15 is 0 Å². The van der Waals surface area contributed by atoms with E-state index in [1.165, 1.54) is 37.0 Å². The maximum absolute atomic E-state index is 12.1. The van der Waals surface area contributed by atoms with Gasteiger partial charge < -0.3 is 0 Å². The van der Waals surface area contributed by atoms with Crippen LogP contribution in [0.3, 0.4) is 0 Å². The summed E-state index contributed by atoms with van der Waals surface area (Å²) in [6.07, 6.45) is 6.07. The molecule has 0 aromatic carbocycles. The van der Waals surface area contributed by atoms with Gasteiger partial charge in [-0.1, -0.05) is 25.7 Å². The maximum atomic E-state index is 12.1. The van der Waals surface area contributed by atoms with E-state index in [-0.39, 0.29) is 0 Å². The van der Waals surface area contributed by atoms with Crippen LogP contribution in [-0.2, 0) is 10.0 Å². The summed E-state index contributed by atoms with van der Waals surface area (Å²) in [5.74, 6) is 0.711. The van der Waals surface area contributed by atoms with E-state index in [9.17, 15) is 8.42 Å². The van der Waals surface area contributed by atoms with Gasteiger partial charge >= 0.3 is 0 Å². The largest absolute Gasteiger partial charge is 0.241 e. The first-order chi connectivity index (χ1) is 8.49. The monoisotopic (exact) mass is 351 g/mol. The van der Waals surface area contributed by atoms with E-state index in [1.54, 1.807) is 6.07 Å². The van der Waals surface area contributed by atoms with Crippen molar-refractivity contribution in [2.75, 3.05) is 6.54 Å². The minimum Gasteiger partial charge on any atom is -0.211 e. The topological polar surface area (TPSA) is 46.2 Å². The molecule has 1 aromatic heterocycles. The van der Waals surface area contributed by atoms with Crippen LogP contribution in [0.2, 0.25) is 0 Å². The predicted octanol–water partition coefficient (Wildman–Crippen LogP) is 3.68. The highest BCUT2D eigenvalue weighted by atomic mass is 79.9. The van der Waals surface area contributed by atoms with Gasteiger partial charge in [0.05, 0.1) is 8.68 Å². The molecule has 2 rings (SSSR count). The maximum Gasteiger partial charge on any atom is 0.241 e. The number of nitrogens with one attached hydrogen (secondary N) is 1. The van der Waals surface area contributed by atoms with E-state index in [0.717, 1.165) is 15.1 Å². The summed E-state index contributed by atoms with van der Waals surface area (Å²) in [6.45, 7) is 2.39. The fourth-order valence-electron chi connectivity index (χ4n) is 2.47. The Labute approximate surface area is 121 Å². The highest BCUT2D eigenvalue weighted by Gasteiger charge is 2.20. The Morgan fingerprint density at radius 2 is 2.11 bits per heavy atom. The molecule has 0 radical (unpaired) electrons. The summed E-state index contributed by atoms with van der Waals surface area (Å²) in [5, 5.41) is 0. The highest BCUT2D eigenvalue weighted by molar-refractivity contribution is 9.11. The SMILES string of the molecule is Cc1sc(Br)cc1S(=O)(=O)NCCC1CCCC1. The van der Waals surface area contributed by atoms with Crippen molar-refractivity contribution >= 4 is 37.3 Å². The van der Waals surface area contributed by atoms with Crippen molar-refractivity contribution in [2.24, 2.45) is 5.92 Å². The van der Waals surface area contributed by atoms with Crippen molar-refractivity contribution in [3.05, 3.63) is 14.7 Å². The Morgan fingerprint density at radius 3 is 2.67 bits per heavy atom.